The van der Waals surface area contributed by atoms with Gasteiger partial charge in [-0.25, -0.2) is 0 Å². The number of benzene rings is 1. The highest BCUT2D eigenvalue weighted by atomic mass is 15.1. The number of aromatic nitrogens is 1. The van der Waals surface area contributed by atoms with Crippen LogP contribution in [0.25, 0.3) is 10.9 Å². The Kier molecular flexibility index (Phi) is 2.94. The van der Waals surface area contributed by atoms with Gasteiger partial charge in [0, 0.05) is 24.2 Å². The highest BCUT2D eigenvalue weighted by Gasteiger charge is 2.21. The maximum atomic E-state index is 4.84. The Morgan fingerprint density at radius 3 is 2.67 bits per heavy atom. The monoisotopic (exact) mass is 240 g/mol. The van der Waals surface area contributed by atoms with Crippen molar-refractivity contribution in [3.05, 3.63) is 35.5 Å². The fourth-order valence-electron chi connectivity index (χ4n) is 3.09. The minimum atomic E-state index is 1.07. The first-order valence-corrected chi connectivity index (χ1v) is 7.00. The van der Waals surface area contributed by atoms with E-state index in [1.165, 1.54) is 35.2 Å². The molecule has 1 aromatic heterocycles. The van der Waals surface area contributed by atoms with Crippen LogP contribution >= 0.6 is 0 Å². The van der Waals surface area contributed by atoms with Crippen molar-refractivity contribution in [2.75, 3.05) is 18.0 Å². The summed E-state index contributed by atoms with van der Waals surface area (Å²) in [7, 11) is 0. The lowest BCUT2D eigenvalue weighted by Gasteiger charge is -2.25. The second-order valence-electron chi connectivity index (χ2n) is 4.93. The van der Waals surface area contributed by atoms with E-state index >= 15 is 0 Å². The van der Waals surface area contributed by atoms with Gasteiger partial charge in [-0.1, -0.05) is 18.2 Å². The Morgan fingerprint density at radius 1 is 1.11 bits per heavy atom. The topological polar surface area (TPSA) is 16.1 Å². The van der Waals surface area contributed by atoms with Crippen LogP contribution in [0.2, 0.25) is 0 Å². The SMILES string of the molecule is CCN(CC)c1c2c(nc3ccccc13)CCC2. The molecule has 1 aliphatic rings. The van der Waals surface area contributed by atoms with Crippen LogP contribution in [-0.2, 0) is 12.8 Å². The highest BCUT2D eigenvalue weighted by molar-refractivity contribution is 5.94. The number of hydrogen-bond acceptors (Lipinski definition) is 2. The quantitative estimate of drug-likeness (QED) is 0.815. The summed E-state index contributed by atoms with van der Waals surface area (Å²) in [6.07, 6.45) is 3.60. The van der Waals surface area contributed by atoms with Crippen molar-refractivity contribution >= 4 is 16.6 Å². The molecule has 2 nitrogen and oxygen atoms in total. The highest BCUT2D eigenvalue weighted by Crippen LogP contribution is 2.36. The largest absolute Gasteiger partial charge is 0.371 e. The van der Waals surface area contributed by atoms with Gasteiger partial charge in [-0.05, 0) is 44.7 Å². The number of para-hydroxylation sites is 1. The molecule has 0 amide bonds. The van der Waals surface area contributed by atoms with Gasteiger partial charge in [-0.15, -0.1) is 0 Å². The third-order valence-corrected chi connectivity index (χ3v) is 3.97. The molecule has 1 heterocycles. The Labute approximate surface area is 109 Å². The maximum absolute atomic E-state index is 4.84. The van der Waals surface area contributed by atoms with Crippen LogP contribution in [0.5, 0.6) is 0 Å². The Balaban J connectivity index is 2.31. The molecule has 0 saturated carbocycles. The summed E-state index contributed by atoms with van der Waals surface area (Å²) in [6, 6.07) is 8.57. The van der Waals surface area contributed by atoms with E-state index in [0.29, 0.717) is 0 Å². The number of nitrogens with zero attached hydrogens (tertiary/aromatic N) is 2. The summed E-state index contributed by atoms with van der Waals surface area (Å²) in [6.45, 7) is 6.61. The van der Waals surface area contributed by atoms with Gasteiger partial charge in [0.15, 0.2) is 0 Å². The Morgan fingerprint density at radius 2 is 1.89 bits per heavy atom. The summed E-state index contributed by atoms with van der Waals surface area (Å²) >= 11 is 0. The molecule has 0 N–H and O–H groups in total. The van der Waals surface area contributed by atoms with Gasteiger partial charge < -0.3 is 4.90 Å². The third kappa shape index (κ3) is 1.67. The molecule has 0 atom stereocenters. The number of aryl methyl sites for hydroxylation is 1. The lowest BCUT2D eigenvalue weighted by atomic mass is 10.1. The molecule has 2 heteroatoms. The molecule has 0 radical (unpaired) electrons. The van der Waals surface area contributed by atoms with Crippen molar-refractivity contribution < 1.29 is 0 Å². The molecule has 94 valence electrons. The van der Waals surface area contributed by atoms with Gasteiger partial charge in [0.25, 0.3) is 0 Å². The van der Waals surface area contributed by atoms with Gasteiger partial charge >= 0.3 is 0 Å². The van der Waals surface area contributed by atoms with Gasteiger partial charge in [0.1, 0.15) is 0 Å². The van der Waals surface area contributed by atoms with Gasteiger partial charge in [-0.3, -0.25) is 4.98 Å². The summed E-state index contributed by atoms with van der Waals surface area (Å²) in [5, 5.41) is 1.32. The first kappa shape index (κ1) is 11.5. The summed E-state index contributed by atoms with van der Waals surface area (Å²) in [5.74, 6) is 0. The van der Waals surface area contributed by atoms with E-state index in [1.807, 2.05) is 0 Å². The molecule has 0 unspecified atom stereocenters. The molecule has 1 aliphatic carbocycles. The molecular weight excluding hydrogens is 220 g/mol. The summed E-state index contributed by atoms with van der Waals surface area (Å²) in [4.78, 5) is 7.32. The molecule has 0 saturated heterocycles. The average molecular weight is 240 g/mol. The van der Waals surface area contributed by atoms with Crippen molar-refractivity contribution in [1.29, 1.82) is 0 Å². The zero-order valence-corrected chi connectivity index (χ0v) is 11.2. The molecule has 18 heavy (non-hydrogen) atoms. The van der Waals surface area contributed by atoms with Crippen LogP contribution in [-0.4, -0.2) is 18.1 Å². The lowest BCUT2D eigenvalue weighted by Crippen LogP contribution is -2.23. The smallest absolute Gasteiger partial charge is 0.0726 e. The van der Waals surface area contributed by atoms with E-state index in [-0.39, 0.29) is 0 Å². The van der Waals surface area contributed by atoms with E-state index in [4.69, 9.17) is 4.98 Å². The molecular formula is C16H20N2. The number of rotatable bonds is 3. The van der Waals surface area contributed by atoms with Crippen molar-refractivity contribution in [3.63, 3.8) is 0 Å². The molecule has 0 spiro atoms. The molecule has 0 aliphatic heterocycles. The van der Waals surface area contributed by atoms with Crippen molar-refractivity contribution in [2.24, 2.45) is 0 Å². The Bertz CT molecular complexity index is 571. The van der Waals surface area contributed by atoms with E-state index in [1.54, 1.807) is 0 Å². The van der Waals surface area contributed by atoms with Crippen molar-refractivity contribution in [3.8, 4) is 0 Å². The van der Waals surface area contributed by atoms with Crippen LogP contribution in [0.1, 0.15) is 31.5 Å². The number of pyridine rings is 1. The van der Waals surface area contributed by atoms with Crippen molar-refractivity contribution in [2.45, 2.75) is 33.1 Å². The van der Waals surface area contributed by atoms with Crippen LogP contribution in [0, 0.1) is 0 Å². The van der Waals surface area contributed by atoms with E-state index in [0.717, 1.165) is 25.0 Å². The van der Waals surface area contributed by atoms with E-state index in [2.05, 4.69) is 43.0 Å². The molecule has 1 aromatic carbocycles. The first-order chi connectivity index (χ1) is 8.85. The minimum absolute atomic E-state index is 1.07. The average Bonchev–Trinajstić information content (AvgIpc) is 2.87. The minimum Gasteiger partial charge on any atom is -0.371 e. The van der Waals surface area contributed by atoms with Crippen LogP contribution in [0.4, 0.5) is 5.69 Å². The van der Waals surface area contributed by atoms with Crippen molar-refractivity contribution in [1.82, 2.24) is 4.98 Å². The number of hydrogen-bond donors (Lipinski definition) is 0. The van der Waals surface area contributed by atoms with E-state index < -0.39 is 0 Å². The van der Waals surface area contributed by atoms with Crippen LogP contribution in [0.3, 0.4) is 0 Å². The predicted molar refractivity (Wildman–Crippen MR) is 77.3 cm³/mol. The summed E-state index contributed by atoms with van der Waals surface area (Å²) < 4.78 is 0. The number of anilines is 1. The third-order valence-electron chi connectivity index (χ3n) is 3.97. The maximum Gasteiger partial charge on any atom is 0.0726 e. The lowest BCUT2D eigenvalue weighted by molar-refractivity contribution is 0.856. The fraction of sp³-hybridized carbons (Fsp3) is 0.438. The van der Waals surface area contributed by atoms with Gasteiger partial charge in [0.05, 0.1) is 11.2 Å². The zero-order chi connectivity index (χ0) is 12.5. The molecule has 3 rings (SSSR count). The molecule has 0 fully saturated rings. The fourth-order valence-corrected chi connectivity index (χ4v) is 3.09. The first-order valence-electron chi connectivity index (χ1n) is 7.00. The van der Waals surface area contributed by atoms with E-state index in [9.17, 15) is 0 Å². The van der Waals surface area contributed by atoms with Crippen LogP contribution < -0.4 is 4.90 Å². The summed E-state index contributed by atoms with van der Waals surface area (Å²) in [5.41, 5.74) is 5.42. The Hall–Kier alpha value is -1.57. The van der Waals surface area contributed by atoms with Gasteiger partial charge in [0.2, 0.25) is 0 Å². The van der Waals surface area contributed by atoms with Gasteiger partial charge in [-0.2, -0.15) is 0 Å². The van der Waals surface area contributed by atoms with Crippen LogP contribution in [0.15, 0.2) is 24.3 Å². The second-order valence-corrected chi connectivity index (χ2v) is 4.93. The predicted octanol–water partition coefficient (Wildman–Crippen LogP) is 3.57. The molecule has 2 aromatic rings. The number of fused-ring (bicyclic) bond motifs is 2. The second kappa shape index (κ2) is 4.60. The normalized spacial score (nSPS) is 13.9. The standard InChI is InChI=1S/C16H20N2/c1-3-18(4-2)16-12-8-5-6-10-14(12)17-15-11-7-9-13(15)16/h5-6,8,10H,3-4,7,9,11H2,1-2H3. The molecule has 0 bridgehead atoms. The zero-order valence-electron chi connectivity index (χ0n) is 11.2.